The number of thiophene rings is 1. The zero-order chi connectivity index (χ0) is 38.1. The van der Waals surface area contributed by atoms with Crippen LogP contribution in [0, 0.1) is 24.2 Å². The van der Waals surface area contributed by atoms with E-state index in [0.29, 0.717) is 57.3 Å². The molecule has 3 fully saturated rings. The maximum Gasteiger partial charge on any atom is 0.333 e. The first kappa shape index (κ1) is 37.5. The van der Waals surface area contributed by atoms with Crippen LogP contribution in [-0.2, 0) is 35.8 Å². The van der Waals surface area contributed by atoms with Gasteiger partial charge in [-0.05, 0) is 77.8 Å². The molecule has 0 bridgehead atoms. The molecule has 2 aliphatic carbocycles. The Morgan fingerprint density at radius 3 is 2.32 bits per heavy atom. The van der Waals surface area contributed by atoms with E-state index < -0.39 is 40.2 Å². The lowest BCUT2D eigenvalue weighted by atomic mass is 9.94. The van der Waals surface area contributed by atoms with Crippen molar-refractivity contribution in [2.75, 3.05) is 20.3 Å². The van der Waals surface area contributed by atoms with Crippen molar-refractivity contribution in [3.8, 4) is 16.5 Å². The predicted octanol–water partition coefficient (Wildman–Crippen LogP) is 6.99. The molecule has 2 unspecified atom stereocenters. The largest absolute Gasteiger partial charge is 0.496 e. The van der Waals surface area contributed by atoms with Gasteiger partial charge in [0.1, 0.15) is 34.1 Å². The van der Waals surface area contributed by atoms with E-state index in [1.807, 2.05) is 24.3 Å². The molecule has 1 aliphatic heterocycles. The minimum atomic E-state index is -1.65. The highest BCUT2D eigenvalue weighted by molar-refractivity contribution is 7.22. The maximum absolute atomic E-state index is 14.8. The van der Waals surface area contributed by atoms with E-state index in [1.54, 1.807) is 39.4 Å². The van der Waals surface area contributed by atoms with Crippen molar-refractivity contribution >= 4 is 27.5 Å². The number of nitrogens with zero attached hydrogens (tertiary/aromatic N) is 3. The van der Waals surface area contributed by atoms with E-state index in [9.17, 15) is 14.4 Å². The fourth-order valence-electron chi connectivity index (χ4n) is 8.20. The second-order valence-electron chi connectivity index (χ2n) is 17.2. The van der Waals surface area contributed by atoms with Crippen LogP contribution in [-0.4, -0.2) is 57.9 Å². The Hall–Kier alpha value is -3.78. The average Bonchev–Trinajstić information content (AvgIpc) is 3.87. The number of methoxy groups -OCH3 is 1. The summed E-state index contributed by atoms with van der Waals surface area (Å²) in [5.74, 6) is 0.502. The molecule has 3 aliphatic rings. The lowest BCUT2D eigenvalue weighted by Gasteiger charge is -2.42. The highest BCUT2D eigenvalue weighted by atomic mass is 32.1. The number of aryl methyl sites for hydroxylation is 1. The Bertz CT molecular complexity index is 2090. The number of rotatable bonds is 9. The minimum absolute atomic E-state index is 0.000949. The molecule has 7 rings (SSSR count). The molecule has 1 saturated heterocycles. The second-order valence-corrected chi connectivity index (χ2v) is 18.2. The first-order valence-electron chi connectivity index (χ1n) is 18.4. The fraction of sp³-hybridized carbons (Fsp3) is 0.600. The van der Waals surface area contributed by atoms with Gasteiger partial charge >= 0.3 is 11.7 Å². The Balaban J connectivity index is 1.30. The number of fused-ring (bicyclic) bond motifs is 2. The van der Waals surface area contributed by atoms with Crippen molar-refractivity contribution < 1.29 is 32.9 Å². The standard InChI is InChI=1S/C40H51N3O9S/c1-23-30-33(44)43(39(7,8)35(45)52-37(2,3)4)36(46)42(34(30)53-31(23)32-41-14-15-48-32)20-29(27-12-10-11-13-28(27)47-9)51-26-16-24-18-40(19-25(24)17-26)49-21-38(5,6)22-50-40/h10-15,24-26,29H,16-22H2,1-9H3/t24-,25+,26?,29?. The Kier molecular flexibility index (Phi) is 9.56. The number of para-hydroxylation sites is 1. The molecule has 12 nitrogen and oxygen atoms in total. The van der Waals surface area contributed by atoms with Crippen LogP contribution < -0.4 is 16.0 Å². The Morgan fingerprint density at radius 1 is 1.06 bits per heavy atom. The molecular formula is C40H51N3O9S. The maximum atomic E-state index is 14.8. The van der Waals surface area contributed by atoms with Gasteiger partial charge in [0.05, 0.1) is 49.4 Å². The van der Waals surface area contributed by atoms with Crippen molar-refractivity contribution in [3.05, 3.63) is 68.7 Å². The van der Waals surface area contributed by atoms with Crippen LogP contribution >= 0.6 is 11.3 Å². The molecule has 0 N–H and O–H groups in total. The summed E-state index contributed by atoms with van der Waals surface area (Å²) in [7, 11) is 1.61. The van der Waals surface area contributed by atoms with Crippen LogP contribution in [0.1, 0.15) is 91.4 Å². The highest BCUT2D eigenvalue weighted by Crippen LogP contribution is 2.54. The zero-order valence-electron chi connectivity index (χ0n) is 32.1. The summed E-state index contributed by atoms with van der Waals surface area (Å²) >= 11 is 1.25. The molecule has 53 heavy (non-hydrogen) atoms. The van der Waals surface area contributed by atoms with Crippen LogP contribution in [0.2, 0.25) is 0 Å². The van der Waals surface area contributed by atoms with Crippen molar-refractivity contribution in [2.24, 2.45) is 17.3 Å². The van der Waals surface area contributed by atoms with Gasteiger partial charge in [0.2, 0.25) is 5.89 Å². The normalized spacial score (nSPS) is 23.0. The number of aromatic nitrogens is 3. The van der Waals surface area contributed by atoms with E-state index >= 15 is 0 Å². The number of ether oxygens (including phenoxy) is 5. The molecule has 2 saturated carbocycles. The van der Waals surface area contributed by atoms with Crippen LogP contribution in [0.3, 0.4) is 0 Å². The van der Waals surface area contributed by atoms with E-state index in [2.05, 4.69) is 18.8 Å². The first-order valence-corrected chi connectivity index (χ1v) is 19.2. The van der Waals surface area contributed by atoms with Crippen molar-refractivity contribution in [1.29, 1.82) is 0 Å². The summed E-state index contributed by atoms with van der Waals surface area (Å²) in [6.45, 7) is 15.8. The molecule has 4 aromatic rings. The second kappa shape index (κ2) is 13.5. The first-order chi connectivity index (χ1) is 24.9. The molecular weight excluding hydrogens is 699 g/mol. The molecule has 0 amide bonds. The number of hydrogen-bond acceptors (Lipinski definition) is 11. The van der Waals surface area contributed by atoms with Gasteiger partial charge < -0.3 is 28.1 Å². The quantitative estimate of drug-likeness (QED) is 0.165. The van der Waals surface area contributed by atoms with Crippen molar-refractivity contribution in [3.63, 3.8) is 0 Å². The molecule has 286 valence electrons. The van der Waals surface area contributed by atoms with Crippen molar-refractivity contribution in [2.45, 2.75) is 117 Å². The van der Waals surface area contributed by atoms with Gasteiger partial charge in [-0.2, -0.15) is 0 Å². The van der Waals surface area contributed by atoms with Gasteiger partial charge in [-0.3, -0.25) is 9.36 Å². The number of hydrogen-bond donors (Lipinski definition) is 0. The molecule has 4 heterocycles. The number of oxazole rings is 1. The van der Waals surface area contributed by atoms with Crippen LogP contribution in [0.4, 0.5) is 0 Å². The van der Waals surface area contributed by atoms with Gasteiger partial charge in [-0.15, -0.1) is 11.3 Å². The highest BCUT2D eigenvalue weighted by Gasteiger charge is 2.54. The number of esters is 1. The van der Waals surface area contributed by atoms with E-state index in [1.165, 1.54) is 37.6 Å². The minimum Gasteiger partial charge on any atom is -0.496 e. The fourth-order valence-corrected chi connectivity index (χ4v) is 9.44. The van der Waals surface area contributed by atoms with E-state index in [4.69, 9.17) is 28.1 Å². The van der Waals surface area contributed by atoms with Crippen molar-refractivity contribution in [1.82, 2.24) is 14.1 Å². The number of carbonyl (C=O) groups is 1. The van der Waals surface area contributed by atoms with E-state index in [-0.39, 0.29) is 18.1 Å². The van der Waals surface area contributed by atoms with Gasteiger partial charge in [0.15, 0.2) is 5.79 Å². The Labute approximate surface area is 313 Å². The third-order valence-corrected chi connectivity index (χ3v) is 12.2. The van der Waals surface area contributed by atoms with Gasteiger partial charge in [0, 0.05) is 23.8 Å². The molecule has 1 aromatic carbocycles. The van der Waals surface area contributed by atoms with Crippen LogP contribution in [0.25, 0.3) is 21.0 Å². The summed E-state index contributed by atoms with van der Waals surface area (Å²) in [6.07, 6.45) is 5.58. The van der Waals surface area contributed by atoms with Crippen LogP contribution in [0.5, 0.6) is 5.75 Å². The van der Waals surface area contributed by atoms with E-state index in [0.717, 1.165) is 35.8 Å². The molecule has 13 heteroatoms. The lowest BCUT2D eigenvalue weighted by molar-refractivity contribution is -0.298. The topological polar surface area (TPSA) is 133 Å². The SMILES string of the molecule is COc1ccccc1C(Cn1c(=O)n(C(C)(C)C(=O)OC(C)(C)C)c(=O)c2c(C)c(-c3ncco3)sc21)OC1C[C@@H]2CC3(C[C@@H]2C1)OCC(C)(C)CO3. The lowest BCUT2D eigenvalue weighted by Crippen LogP contribution is -2.54. The number of benzene rings is 1. The molecule has 4 atom stereocenters. The third-order valence-electron chi connectivity index (χ3n) is 10.9. The van der Waals surface area contributed by atoms with Gasteiger partial charge in [-0.1, -0.05) is 32.0 Å². The zero-order valence-corrected chi connectivity index (χ0v) is 33.0. The van der Waals surface area contributed by atoms with Gasteiger partial charge in [0.25, 0.3) is 5.56 Å². The predicted molar refractivity (Wildman–Crippen MR) is 200 cm³/mol. The summed E-state index contributed by atoms with van der Waals surface area (Å²) in [6, 6.07) is 7.63. The third kappa shape index (κ3) is 7.01. The smallest absolute Gasteiger partial charge is 0.333 e. The summed E-state index contributed by atoms with van der Waals surface area (Å²) in [5, 5.41) is 0.301. The summed E-state index contributed by atoms with van der Waals surface area (Å²) in [5.41, 5.74) is -2.36. The number of carbonyl (C=O) groups excluding carboxylic acids is 1. The average molecular weight is 750 g/mol. The van der Waals surface area contributed by atoms with Crippen LogP contribution in [0.15, 0.2) is 50.7 Å². The molecule has 1 spiro atoms. The van der Waals surface area contributed by atoms with Gasteiger partial charge in [-0.25, -0.2) is 19.1 Å². The molecule has 3 aromatic heterocycles. The monoisotopic (exact) mass is 749 g/mol. The summed E-state index contributed by atoms with van der Waals surface area (Å²) in [4.78, 5) is 48.4. The summed E-state index contributed by atoms with van der Waals surface area (Å²) < 4.78 is 39.6. The molecule has 0 radical (unpaired) electrons. The Morgan fingerprint density at radius 2 is 1.72 bits per heavy atom.